The van der Waals surface area contributed by atoms with Gasteiger partial charge in [0, 0.05) is 30.8 Å². The second kappa shape index (κ2) is 7.07. The summed E-state index contributed by atoms with van der Waals surface area (Å²) in [7, 11) is 0. The predicted octanol–water partition coefficient (Wildman–Crippen LogP) is 1.62. The first-order chi connectivity index (χ1) is 10.4. The van der Waals surface area contributed by atoms with Crippen LogP contribution in [-0.2, 0) is 4.79 Å². The largest absolute Gasteiger partial charge is 0.508 e. The molecule has 22 heavy (non-hydrogen) atoms. The minimum Gasteiger partial charge on any atom is -0.508 e. The van der Waals surface area contributed by atoms with Crippen LogP contribution in [0.4, 0.5) is 0 Å². The molecule has 2 rings (SSSR count). The molecule has 1 aliphatic rings. The smallest absolute Gasteiger partial charge is 0.254 e. The lowest BCUT2D eigenvalue weighted by molar-refractivity contribution is -0.120. The molecule has 1 saturated heterocycles. The van der Waals surface area contributed by atoms with Crippen LogP contribution in [0.25, 0.3) is 0 Å². The first-order valence-electron chi connectivity index (χ1n) is 6.77. The molecule has 0 unspecified atom stereocenters. The van der Waals surface area contributed by atoms with Crippen molar-refractivity contribution in [2.45, 2.75) is 23.7 Å². The van der Waals surface area contributed by atoms with E-state index in [4.69, 9.17) is 23.2 Å². The number of carbonyl (C=O) groups is 2. The van der Waals surface area contributed by atoms with Gasteiger partial charge in [0.15, 0.2) is 4.84 Å². The number of nitrogens with one attached hydrogen (secondary N) is 1. The third-order valence-corrected chi connectivity index (χ3v) is 3.87. The van der Waals surface area contributed by atoms with Gasteiger partial charge in [0.2, 0.25) is 0 Å². The second-order valence-electron chi connectivity index (χ2n) is 5.11. The fourth-order valence-electron chi connectivity index (χ4n) is 2.39. The first kappa shape index (κ1) is 16.7. The fourth-order valence-corrected chi connectivity index (χ4v) is 2.52. The van der Waals surface area contributed by atoms with Gasteiger partial charge >= 0.3 is 0 Å². The molecule has 6 nitrogen and oxygen atoms in total. The number of carbonyl (C=O) groups excluding carboxylic acids is 2. The van der Waals surface area contributed by atoms with Gasteiger partial charge in [-0.25, -0.2) is 0 Å². The molecule has 1 heterocycles. The third-order valence-electron chi connectivity index (χ3n) is 3.48. The van der Waals surface area contributed by atoms with E-state index in [9.17, 15) is 19.8 Å². The Balaban J connectivity index is 1.93. The Morgan fingerprint density at radius 2 is 1.68 bits per heavy atom. The minimum absolute atomic E-state index is 0.0749. The lowest BCUT2D eigenvalue weighted by Gasteiger charge is -2.32. The first-order valence-corrected chi connectivity index (χ1v) is 7.65. The molecular weight excluding hydrogens is 331 g/mol. The van der Waals surface area contributed by atoms with Gasteiger partial charge in [-0.3, -0.25) is 9.59 Å². The Kier molecular flexibility index (Phi) is 5.37. The summed E-state index contributed by atoms with van der Waals surface area (Å²) in [6, 6.07) is 3.70. The molecule has 1 aliphatic heterocycles. The minimum atomic E-state index is -1.10. The number of aromatic hydroxyl groups is 2. The highest BCUT2D eigenvalue weighted by Gasteiger charge is 2.26. The number of amides is 2. The molecule has 0 aliphatic carbocycles. The average molecular weight is 347 g/mol. The highest BCUT2D eigenvalue weighted by Crippen LogP contribution is 2.23. The van der Waals surface area contributed by atoms with Crippen LogP contribution >= 0.6 is 23.2 Å². The molecule has 8 heteroatoms. The maximum Gasteiger partial charge on any atom is 0.254 e. The number of hydrogen-bond donors (Lipinski definition) is 3. The molecule has 120 valence electrons. The van der Waals surface area contributed by atoms with E-state index < -0.39 is 10.7 Å². The molecule has 0 bridgehead atoms. The van der Waals surface area contributed by atoms with Gasteiger partial charge in [0.1, 0.15) is 11.5 Å². The lowest BCUT2D eigenvalue weighted by Crippen LogP contribution is -2.47. The lowest BCUT2D eigenvalue weighted by atomic mass is 10.0. The van der Waals surface area contributed by atoms with E-state index in [1.807, 2.05) is 0 Å². The van der Waals surface area contributed by atoms with Crippen LogP contribution in [0.5, 0.6) is 11.5 Å². The Hall–Kier alpha value is -1.66. The zero-order valence-corrected chi connectivity index (χ0v) is 13.1. The Bertz CT molecular complexity index is 552. The van der Waals surface area contributed by atoms with Crippen molar-refractivity contribution in [3.05, 3.63) is 23.8 Å². The highest BCUT2D eigenvalue weighted by molar-refractivity contribution is 6.53. The molecule has 0 atom stereocenters. The molecular formula is C14H16Cl2N2O4. The summed E-state index contributed by atoms with van der Waals surface area (Å²) >= 11 is 11.0. The quantitative estimate of drug-likeness (QED) is 0.725. The molecule has 0 radical (unpaired) electrons. The van der Waals surface area contributed by atoms with E-state index in [2.05, 4.69) is 5.32 Å². The standard InChI is InChI=1S/C14H16Cl2N2O4/c15-12(16)13(21)17-9-1-3-18(4-2-9)14(22)8-5-10(19)7-11(20)6-8/h5-7,9,12,19-20H,1-4H2,(H,17,21). The molecule has 3 N–H and O–H groups in total. The van der Waals surface area contributed by atoms with Crippen LogP contribution in [0.2, 0.25) is 0 Å². The van der Waals surface area contributed by atoms with E-state index in [1.54, 1.807) is 4.90 Å². The van der Waals surface area contributed by atoms with Crippen LogP contribution in [0, 0.1) is 0 Å². The van der Waals surface area contributed by atoms with Gasteiger partial charge in [0.25, 0.3) is 11.8 Å². The van der Waals surface area contributed by atoms with E-state index in [0.717, 1.165) is 6.07 Å². The summed E-state index contributed by atoms with van der Waals surface area (Å²) in [5, 5.41) is 21.6. The van der Waals surface area contributed by atoms with E-state index in [-0.39, 0.29) is 29.0 Å². The zero-order valence-electron chi connectivity index (χ0n) is 11.6. The molecule has 1 fully saturated rings. The van der Waals surface area contributed by atoms with Crippen LogP contribution in [0.15, 0.2) is 18.2 Å². The number of nitrogens with zero attached hydrogens (tertiary/aromatic N) is 1. The fraction of sp³-hybridized carbons (Fsp3) is 0.429. The van der Waals surface area contributed by atoms with Crippen molar-refractivity contribution in [2.24, 2.45) is 0 Å². The van der Waals surface area contributed by atoms with Crippen molar-refractivity contribution < 1.29 is 19.8 Å². The number of phenolic OH excluding ortho intramolecular Hbond substituents is 2. The number of piperidine rings is 1. The molecule has 2 amide bonds. The van der Waals surface area contributed by atoms with Crippen LogP contribution in [-0.4, -0.2) is 50.9 Å². The summed E-state index contributed by atoms with van der Waals surface area (Å²) in [5.74, 6) is -1.05. The number of likely N-dealkylation sites (tertiary alicyclic amines) is 1. The zero-order chi connectivity index (χ0) is 16.3. The average Bonchev–Trinajstić information content (AvgIpc) is 2.46. The van der Waals surface area contributed by atoms with E-state index in [1.165, 1.54) is 12.1 Å². The van der Waals surface area contributed by atoms with E-state index >= 15 is 0 Å². The van der Waals surface area contributed by atoms with Crippen LogP contribution in [0.1, 0.15) is 23.2 Å². The summed E-state index contributed by atoms with van der Waals surface area (Å²) in [5.41, 5.74) is 0.224. The third kappa shape index (κ3) is 4.18. The van der Waals surface area contributed by atoms with Crippen molar-refractivity contribution in [3.63, 3.8) is 0 Å². The van der Waals surface area contributed by atoms with Gasteiger partial charge in [-0.2, -0.15) is 0 Å². The maximum absolute atomic E-state index is 12.3. The maximum atomic E-state index is 12.3. The Labute approximate surface area is 137 Å². The van der Waals surface area contributed by atoms with Crippen molar-refractivity contribution in [1.82, 2.24) is 10.2 Å². The molecule has 0 spiro atoms. The monoisotopic (exact) mass is 346 g/mol. The normalized spacial score (nSPS) is 15.9. The van der Waals surface area contributed by atoms with Gasteiger partial charge < -0.3 is 20.4 Å². The second-order valence-corrected chi connectivity index (χ2v) is 6.21. The van der Waals surface area contributed by atoms with Crippen molar-refractivity contribution in [1.29, 1.82) is 0 Å². The predicted molar refractivity (Wildman–Crippen MR) is 82.3 cm³/mol. The SMILES string of the molecule is O=C(NC1CCN(C(=O)c2cc(O)cc(O)c2)CC1)C(Cl)Cl. The summed E-state index contributed by atoms with van der Waals surface area (Å²) in [4.78, 5) is 24.2. The van der Waals surface area contributed by atoms with E-state index in [0.29, 0.717) is 25.9 Å². The van der Waals surface area contributed by atoms with Crippen molar-refractivity contribution in [3.8, 4) is 11.5 Å². The number of phenols is 2. The van der Waals surface area contributed by atoms with Crippen LogP contribution in [0.3, 0.4) is 0 Å². The summed E-state index contributed by atoms with van der Waals surface area (Å²) < 4.78 is 0. The summed E-state index contributed by atoms with van der Waals surface area (Å²) in [6.45, 7) is 0.908. The van der Waals surface area contributed by atoms with Gasteiger partial charge in [-0.15, -0.1) is 0 Å². The number of rotatable bonds is 3. The number of alkyl halides is 2. The van der Waals surface area contributed by atoms with Crippen molar-refractivity contribution in [2.75, 3.05) is 13.1 Å². The Morgan fingerprint density at radius 1 is 1.14 bits per heavy atom. The van der Waals surface area contributed by atoms with Crippen molar-refractivity contribution >= 4 is 35.0 Å². The summed E-state index contributed by atoms with van der Waals surface area (Å²) in [6.07, 6.45) is 1.17. The van der Waals surface area contributed by atoms with Gasteiger partial charge in [-0.05, 0) is 25.0 Å². The molecule has 1 aromatic rings. The highest BCUT2D eigenvalue weighted by atomic mass is 35.5. The number of halogens is 2. The number of hydrogen-bond acceptors (Lipinski definition) is 4. The molecule has 0 aromatic heterocycles. The van der Waals surface area contributed by atoms with Gasteiger partial charge in [0.05, 0.1) is 0 Å². The van der Waals surface area contributed by atoms with Crippen LogP contribution < -0.4 is 5.32 Å². The Morgan fingerprint density at radius 3 is 2.18 bits per heavy atom. The molecule has 0 saturated carbocycles. The topological polar surface area (TPSA) is 89.9 Å². The van der Waals surface area contributed by atoms with Gasteiger partial charge in [-0.1, -0.05) is 23.2 Å². The number of benzene rings is 1. The molecule has 1 aromatic carbocycles.